The van der Waals surface area contributed by atoms with Gasteiger partial charge < -0.3 is 9.84 Å². The van der Waals surface area contributed by atoms with Crippen LogP contribution in [0.5, 0.6) is 5.75 Å². The third kappa shape index (κ3) is 6.77. The first-order chi connectivity index (χ1) is 13.8. The minimum atomic E-state index is 0.344. The highest BCUT2D eigenvalue weighted by atomic mass is 16.5. The smallest absolute Gasteiger partial charge is 0.145 e. The van der Waals surface area contributed by atoms with Crippen LogP contribution >= 0.6 is 0 Å². The molecule has 1 fully saturated rings. The second-order valence-electron chi connectivity index (χ2n) is 8.49. The van der Waals surface area contributed by atoms with Gasteiger partial charge >= 0.3 is 0 Å². The number of ether oxygens (including phenoxy) is 1. The number of benzene rings is 1. The van der Waals surface area contributed by atoms with Gasteiger partial charge in [0.25, 0.3) is 0 Å². The van der Waals surface area contributed by atoms with Crippen LogP contribution in [0.1, 0.15) is 81.9 Å². The summed E-state index contributed by atoms with van der Waals surface area (Å²) in [6.07, 6.45) is 14.9. The SMILES string of the molecule is Cc1ccc(OCC2CC2)c2nc(CCCCCCCCCCCO)ccc12. The van der Waals surface area contributed by atoms with Crippen LogP contribution in [0.2, 0.25) is 0 Å². The van der Waals surface area contributed by atoms with Crippen molar-refractivity contribution in [3.05, 3.63) is 35.5 Å². The molecule has 0 bridgehead atoms. The van der Waals surface area contributed by atoms with Crippen molar-refractivity contribution in [3.8, 4) is 5.75 Å². The van der Waals surface area contributed by atoms with Crippen molar-refractivity contribution < 1.29 is 9.84 Å². The molecular formula is C25H37NO2. The zero-order valence-corrected chi connectivity index (χ0v) is 17.6. The van der Waals surface area contributed by atoms with Gasteiger partial charge in [0.2, 0.25) is 0 Å². The number of hydrogen-bond acceptors (Lipinski definition) is 3. The standard InChI is InChI=1S/C25H37NO2/c1-20-12-17-24(28-19-21-13-14-21)25-23(20)16-15-22(26-25)11-9-7-5-3-2-4-6-8-10-18-27/h12,15-17,21,27H,2-11,13-14,18-19H2,1H3. The van der Waals surface area contributed by atoms with Crippen molar-refractivity contribution in [2.75, 3.05) is 13.2 Å². The van der Waals surface area contributed by atoms with Crippen LogP contribution in [0.3, 0.4) is 0 Å². The van der Waals surface area contributed by atoms with E-state index in [0.717, 1.165) is 36.6 Å². The molecule has 1 N–H and O–H groups in total. The molecule has 154 valence electrons. The molecule has 0 unspecified atom stereocenters. The Balaban J connectivity index is 1.42. The summed E-state index contributed by atoms with van der Waals surface area (Å²) in [6.45, 7) is 3.33. The summed E-state index contributed by atoms with van der Waals surface area (Å²) < 4.78 is 6.08. The van der Waals surface area contributed by atoms with Crippen molar-refractivity contribution in [3.63, 3.8) is 0 Å². The summed E-state index contributed by atoms with van der Waals surface area (Å²) >= 11 is 0. The Morgan fingerprint density at radius 3 is 2.25 bits per heavy atom. The maximum absolute atomic E-state index is 8.79. The lowest BCUT2D eigenvalue weighted by Gasteiger charge is -2.11. The minimum Gasteiger partial charge on any atom is -0.491 e. The van der Waals surface area contributed by atoms with E-state index in [1.165, 1.54) is 80.9 Å². The quantitative estimate of drug-likeness (QED) is 0.385. The van der Waals surface area contributed by atoms with Gasteiger partial charge in [-0.3, -0.25) is 0 Å². The molecule has 3 rings (SSSR count). The van der Waals surface area contributed by atoms with Gasteiger partial charge in [-0.1, -0.05) is 57.1 Å². The fourth-order valence-corrected chi connectivity index (χ4v) is 3.78. The number of aryl methyl sites for hydroxylation is 2. The predicted molar refractivity (Wildman–Crippen MR) is 117 cm³/mol. The molecular weight excluding hydrogens is 346 g/mol. The maximum Gasteiger partial charge on any atom is 0.145 e. The van der Waals surface area contributed by atoms with Gasteiger partial charge in [-0.2, -0.15) is 0 Å². The highest BCUT2D eigenvalue weighted by Gasteiger charge is 2.22. The molecule has 2 aromatic rings. The van der Waals surface area contributed by atoms with Crippen molar-refractivity contribution >= 4 is 10.9 Å². The van der Waals surface area contributed by atoms with Gasteiger partial charge in [-0.05, 0) is 62.6 Å². The Bertz CT molecular complexity index is 724. The zero-order valence-electron chi connectivity index (χ0n) is 17.6. The Kier molecular flexibility index (Phi) is 8.60. The van der Waals surface area contributed by atoms with Crippen LogP contribution in [-0.4, -0.2) is 23.3 Å². The van der Waals surface area contributed by atoms with Crippen molar-refractivity contribution in [1.82, 2.24) is 4.98 Å². The summed E-state index contributed by atoms with van der Waals surface area (Å²) in [6, 6.07) is 8.66. The van der Waals surface area contributed by atoms with E-state index in [1.807, 2.05) is 0 Å². The molecule has 1 aliphatic rings. The fourth-order valence-electron chi connectivity index (χ4n) is 3.78. The van der Waals surface area contributed by atoms with E-state index in [-0.39, 0.29) is 0 Å². The molecule has 1 aromatic carbocycles. The Morgan fingerprint density at radius 1 is 0.893 bits per heavy atom. The first-order valence-corrected chi connectivity index (χ1v) is 11.4. The van der Waals surface area contributed by atoms with E-state index < -0.39 is 0 Å². The Hall–Kier alpha value is -1.61. The summed E-state index contributed by atoms with van der Waals surface area (Å²) in [5, 5.41) is 10.0. The van der Waals surface area contributed by atoms with Crippen molar-refractivity contribution in [2.45, 2.75) is 84.0 Å². The maximum atomic E-state index is 8.79. The number of unbranched alkanes of at least 4 members (excludes halogenated alkanes) is 8. The minimum absolute atomic E-state index is 0.344. The molecule has 0 amide bonds. The lowest BCUT2D eigenvalue weighted by molar-refractivity contribution is 0.282. The van der Waals surface area contributed by atoms with Crippen LogP contribution in [-0.2, 0) is 6.42 Å². The largest absolute Gasteiger partial charge is 0.491 e. The number of pyridine rings is 1. The molecule has 1 aliphatic carbocycles. The van der Waals surface area contributed by atoms with Crippen LogP contribution in [0.25, 0.3) is 10.9 Å². The number of aliphatic hydroxyl groups excluding tert-OH is 1. The second kappa shape index (κ2) is 11.4. The number of nitrogens with zero attached hydrogens (tertiary/aromatic N) is 1. The molecule has 1 heterocycles. The number of aromatic nitrogens is 1. The number of fused-ring (bicyclic) bond motifs is 1. The topological polar surface area (TPSA) is 42.4 Å². The normalized spacial score (nSPS) is 13.9. The van der Waals surface area contributed by atoms with E-state index in [4.69, 9.17) is 14.8 Å². The summed E-state index contributed by atoms with van der Waals surface area (Å²) in [4.78, 5) is 4.96. The van der Waals surface area contributed by atoms with Crippen LogP contribution < -0.4 is 4.74 Å². The van der Waals surface area contributed by atoms with E-state index >= 15 is 0 Å². The molecule has 0 aliphatic heterocycles. The molecule has 3 heteroatoms. The van der Waals surface area contributed by atoms with Gasteiger partial charge in [0.1, 0.15) is 11.3 Å². The summed E-state index contributed by atoms with van der Waals surface area (Å²) in [5.41, 5.74) is 3.51. The van der Waals surface area contributed by atoms with E-state index in [9.17, 15) is 0 Å². The first-order valence-electron chi connectivity index (χ1n) is 11.4. The summed E-state index contributed by atoms with van der Waals surface area (Å²) in [7, 11) is 0. The monoisotopic (exact) mass is 383 g/mol. The third-order valence-corrected chi connectivity index (χ3v) is 5.86. The lowest BCUT2D eigenvalue weighted by Crippen LogP contribution is -2.01. The molecule has 1 aromatic heterocycles. The van der Waals surface area contributed by atoms with Crippen LogP contribution in [0.15, 0.2) is 24.3 Å². The van der Waals surface area contributed by atoms with Gasteiger partial charge in [0.05, 0.1) is 6.61 Å². The third-order valence-electron chi connectivity index (χ3n) is 5.86. The van der Waals surface area contributed by atoms with Gasteiger partial charge in [0, 0.05) is 17.7 Å². The highest BCUT2D eigenvalue weighted by Crippen LogP contribution is 2.32. The van der Waals surface area contributed by atoms with E-state index in [1.54, 1.807) is 0 Å². The molecule has 0 saturated heterocycles. The van der Waals surface area contributed by atoms with E-state index in [0.29, 0.717) is 6.61 Å². The van der Waals surface area contributed by atoms with Crippen molar-refractivity contribution in [2.24, 2.45) is 5.92 Å². The predicted octanol–water partition coefficient (Wildman–Crippen LogP) is 6.38. The zero-order chi connectivity index (χ0) is 19.6. The molecule has 0 radical (unpaired) electrons. The Labute approximate surface area is 170 Å². The number of hydrogen-bond donors (Lipinski definition) is 1. The number of aliphatic hydroxyl groups is 1. The average Bonchev–Trinajstić information content (AvgIpc) is 3.53. The number of rotatable bonds is 14. The molecule has 0 spiro atoms. The van der Waals surface area contributed by atoms with Gasteiger partial charge in [-0.15, -0.1) is 0 Å². The van der Waals surface area contributed by atoms with E-state index in [2.05, 4.69) is 31.2 Å². The highest BCUT2D eigenvalue weighted by molar-refractivity contribution is 5.87. The summed E-state index contributed by atoms with van der Waals surface area (Å²) in [5.74, 6) is 1.71. The van der Waals surface area contributed by atoms with Crippen molar-refractivity contribution in [1.29, 1.82) is 0 Å². The lowest BCUT2D eigenvalue weighted by atomic mass is 10.0. The van der Waals surface area contributed by atoms with Gasteiger partial charge in [0.15, 0.2) is 0 Å². The average molecular weight is 384 g/mol. The molecule has 1 saturated carbocycles. The Morgan fingerprint density at radius 2 is 1.57 bits per heavy atom. The van der Waals surface area contributed by atoms with Gasteiger partial charge in [-0.25, -0.2) is 4.98 Å². The first kappa shape index (κ1) is 21.1. The second-order valence-corrected chi connectivity index (χ2v) is 8.49. The molecule has 3 nitrogen and oxygen atoms in total. The fraction of sp³-hybridized carbons (Fsp3) is 0.640. The molecule has 0 atom stereocenters. The van der Waals surface area contributed by atoms with Crippen LogP contribution in [0, 0.1) is 12.8 Å². The molecule has 28 heavy (non-hydrogen) atoms. The van der Waals surface area contributed by atoms with Crippen LogP contribution in [0.4, 0.5) is 0 Å².